The van der Waals surface area contributed by atoms with Crippen molar-refractivity contribution in [1.29, 1.82) is 0 Å². The van der Waals surface area contributed by atoms with Gasteiger partial charge in [0, 0.05) is 32.0 Å². The van der Waals surface area contributed by atoms with Crippen LogP contribution >= 0.6 is 0 Å². The highest BCUT2D eigenvalue weighted by atomic mass is 16.5. The molecule has 1 heterocycles. The van der Waals surface area contributed by atoms with Crippen molar-refractivity contribution in [1.82, 2.24) is 10.2 Å². The lowest BCUT2D eigenvalue weighted by molar-refractivity contribution is -0.142. The van der Waals surface area contributed by atoms with Gasteiger partial charge in [-0.1, -0.05) is 68.3 Å². The maximum atomic E-state index is 12.3. The van der Waals surface area contributed by atoms with Crippen LogP contribution in [0.2, 0.25) is 0 Å². The number of hydrogen-bond donors (Lipinski definition) is 2. The van der Waals surface area contributed by atoms with Crippen LogP contribution in [0.25, 0.3) is 11.1 Å². The maximum Gasteiger partial charge on any atom is 0.407 e. The maximum absolute atomic E-state index is 12.3. The first-order chi connectivity index (χ1) is 17.0. The largest absolute Gasteiger partial charge is 0.481 e. The van der Waals surface area contributed by atoms with Gasteiger partial charge in [0.1, 0.15) is 6.61 Å². The minimum Gasteiger partial charge on any atom is -0.481 e. The van der Waals surface area contributed by atoms with Crippen LogP contribution in [0.15, 0.2) is 48.5 Å². The molecule has 2 atom stereocenters. The molecular weight excluding hydrogens is 444 g/mol. The Labute approximate surface area is 206 Å². The third-order valence-corrected chi connectivity index (χ3v) is 7.21. The number of carbonyl (C=O) groups excluding carboxylic acids is 2. The number of alkyl carbamates (subject to hydrolysis) is 1. The predicted molar refractivity (Wildman–Crippen MR) is 133 cm³/mol. The van der Waals surface area contributed by atoms with Crippen molar-refractivity contribution in [3.8, 4) is 11.1 Å². The number of hydrogen-bond acceptors (Lipinski definition) is 4. The van der Waals surface area contributed by atoms with Crippen molar-refractivity contribution < 1.29 is 24.2 Å². The Morgan fingerprint density at radius 1 is 0.943 bits per heavy atom. The summed E-state index contributed by atoms with van der Waals surface area (Å²) in [6.07, 6.45) is 3.43. The lowest BCUT2D eigenvalue weighted by Gasteiger charge is -2.16. The van der Waals surface area contributed by atoms with Crippen LogP contribution in [0, 0.1) is 11.8 Å². The molecule has 2 aromatic carbocycles. The first kappa shape index (κ1) is 24.8. The standard InChI is InChI=1S/C28H34N2O5/c1-19-16-30(17-24(19)27(32)33)26(31)14-4-2-3-9-15-29-28(34)35-18-25-22-12-7-5-10-20(22)21-11-6-8-13-23(21)25/h5-8,10-13,19,24-25H,2-4,9,14-18H2,1H3,(H,29,34)(H,32,33)/t19-,24-/m1/s1. The van der Waals surface area contributed by atoms with Gasteiger partial charge < -0.3 is 20.1 Å². The minimum atomic E-state index is -0.822. The van der Waals surface area contributed by atoms with Crippen molar-refractivity contribution in [3.05, 3.63) is 59.7 Å². The fourth-order valence-electron chi connectivity index (χ4n) is 5.24. The van der Waals surface area contributed by atoms with E-state index in [0.29, 0.717) is 32.7 Å². The zero-order valence-electron chi connectivity index (χ0n) is 20.2. The quantitative estimate of drug-likeness (QED) is 0.485. The second-order valence-corrected chi connectivity index (χ2v) is 9.64. The number of rotatable bonds is 10. The van der Waals surface area contributed by atoms with E-state index in [2.05, 4.69) is 29.6 Å². The molecule has 2 aromatic rings. The number of fused-ring (bicyclic) bond motifs is 3. The molecule has 35 heavy (non-hydrogen) atoms. The topological polar surface area (TPSA) is 95.9 Å². The van der Waals surface area contributed by atoms with Gasteiger partial charge >= 0.3 is 12.1 Å². The highest BCUT2D eigenvalue weighted by molar-refractivity contribution is 5.79. The summed E-state index contributed by atoms with van der Waals surface area (Å²) in [7, 11) is 0. The van der Waals surface area contributed by atoms with Gasteiger partial charge in [0.2, 0.25) is 5.91 Å². The van der Waals surface area contributed by atoms with Crippen molar-refractivity contribution in [2.24, 2.45) is 11.8 Å². The Morgan fingerprint density at radius 2 is 1.57 bits per heavy atom. The van der Waals surface area contributed by atoms with Crippen LogP contribution in [0.3, 0.4) is 0 Å². The summed E-state index contributed by atoms with van der Waals surface area (Å²) < 4.78 is 5.55. The molecule has 7 nitrogen and oxygen atoms in total. The molecule has 0 spiro atoms. The molecule has 2 N–H and O–H groups in total. The van der Waals surface area contributed by atoms with Gasteiger partial charge in [-0.05, 0) is 41.0 Å². The van der Waals surface area contributed by atoms with E-state index in [4.69, 9.17) is 4.74 Å². The molecule has 1 aliphatic carbocycles. The summed E-state index contributed by atoms with van der Waals surface area (Å²) in [6, 6.07) is 16.5. The lowest BCUT2D eigenvalue weighted by Crippen LogP contribution is -2.29. The second-order valence-electron chi connectivity index (χ2n) is 9.64. The number of nitrogens with one attached hydrogen (secondary N) is 1. The number of unbranched alkanes of at least 4 members (excludes halogenated alkanes) is 3. The molecule has 0 bridgehead atoms. The molecule has 0 aromatic heterocycles. The van der Waals surface area contributed by atoms with E-state index in [1.165, 1.54) is 22.3 Å². The van der Waals surface area contributed by atoms with Crippen molar-refractivity contribution >= 4 is 18.0 Å². The molecule has 0 saturated carbocycles. The Morgan fingerprint density at radius 3 is 2.20 bits per heavy atom. The number of nitrogens with zero attached hydrogens (tertiary/aromatic N) is 1. The summed E-state index contributed by atoms with van der Waals surface area (Å²) >= 11 is 0. The van der Waals surface area contributed by atoms with Crippen LogP contribution in [0.1, 0.15) is 56.1 Å². The lowest BCUT2D eigenvalue weighted by atomic mass is 9.98. The smallest absolute Gasteiger partial charge is 0.407 e. The fourth-order valence-corrected chi connectivity index (χ4v) is 5.24. The van der Waals surface area contributed by atoms with Gasteiger partial charge in [-0.2, -0.15) is 0 Å². The Balaban J connectivity index is 1.10. The molecule has 1 fully saturated rings. The number of aliphatic carboxylic acids is 1. The molecule has 7 heteroatoms. The molecule has 2 amide bonds. The molecule has 4 rings (SSSR count). The summed E-state index contributed by atoms with van der Waals surface area (Å²) in [5.74, 6) is -1.19. The average Bonchev–Trinajstić information content (AvgIpc) is 3.40. The van der Waals surface area contributed by atoms with E-state index in [0.717, 1.165) is 25.7 Å². The van der Waals surface area contributed by atoms with Crippen LogP contribution in [-0.4, -0.2) is 54.2 Å². The van der Waals surface area contributed by atoms with Crippen LogP contribution in [-0.2, 0) is 14.3 Å². The Kier molecular flexibility index (Phi) is 8.06. The highest BCUT2D eigenvalue weighted by Crippen LogP contribution is 2.44. The van der Waals surface area contributed by atoms with Gasteiger partial charge in [0.05, 0.1) is 5.92 Å². The molecule has 2 aliphatic rings. The molecule has 186 valence electrons. The van der Waals surface area contributed by atoms with Crippen LogP contribution in [0.4, 0.5) is 4.79 Å². The Hall–Kier alpha value is -3.35. The number of benzene rings is 2. The van der Waals surface area contributed by atoms with Crippen LogP contribution in [0.5, 0.6) is 0 Å². The number of ether oxygens (including phenoxy) is 1. The van der Waals surface area contributed by atoms with Gasteiger partial charge in [-0.3, -0.25) is 9.59 Å². The second kappa shape index (κ2) is 11.4. The first-order valence-electron chi connectivity index (χ1n) is 12.5. The Bertz CT molecular complexity index is 1020. The molecule has 1 saturated heterocycles. The number of likely N-dealkylation sites (tertiary alicyclic amines) is 1. The third kappa shape index (κ3) is 5.84. The van der Waals surface area contributed by atoms with Gasteiger partial charge in [0.15, 0.2) is 0 Å². The van der Waals surface area contributed by atoms with Gasteiger partial charge in [0.25, 0.3) is 0 Å². The summed E-state index contributed by atoms with van der Waals surface area (Å²) in [5.41, 5.74) is 4.80. The van der Waals surface area contributed by atoms with Crippen molar-refractivity contribution in [2.75, 3.05) is 26.2 Å². The fraction of sp³-hybridized carbons (Fsp3) is 0.464. The van der Waals surface area contributed by atoms with Crippen molar-refractivity contribution in [3.63, 3.8) is 0 Å². The molecule has 0 unspecified atom stereocenters. The summed E-state index contributed by atoms with van der Waals surface area (Å²) in [6.45, 7) is 3.57. The number of carboxylic acids is 1. The highest BCUT2D eigenvalue weighted by Gasteiger charge is 2.36. The van der Waals surface area contributed by atoms with Gasteiger partial charge in [-0.25, -0.2) is 4.79 Å². The van der Waals surface area contributed by atoms with E-state index < -0.39 is 18.0 Å². The number of carbonyl (C=O) groups is 3. The number of amides is 2. The molecular formula is C28H34N2O5. The predicted octanol–water partition coefficient (Wildman–Crippen LogP) is 4.65. The molecule has 1 aliphatic heterocycles. The zero-order chi connectivity index (χ0) is 24.8. The van der Waals surface area contributed by atoms with E-state index in [-0.39, 0.29) is 17.7 Å². The van der Waals surface area contributed by atoms with Crippen LogP contribution < -0.4 is 5.32 Å². The van der Waals surface area contributed by atoms with E-state index in [1.54, 1.807) is 4.90 Å². The monoisotopic (exact) mass is 478 g/mol. The first-order valence-corrected chi connectivity index (χ1v) is 12.5. The normalized spacial score (nSPS) is 18.7. The van der Waals surface area contributed by atoms with E-state index in [9.17, 15) is 19.5 Å². The zero-order valence-corrected chi connectivity index (χ0v) is 20.2. The van der Waals surface area contributed by atoms with Gasteiger partial charge in [-0.15, -0.1) is 0 Å². The average molecular weight is 479 g/mol. The summed E-state index contributed by atoms with van der Waals surface area (Å²) in [5, 5.41) is 12.0. The molecule has 0 radical (unpaired) electrons. The summed E-state index contributed by atoms with van der Waals surface area (Å²) in [4.78, 5) is 37.5. The van der Waals surface area contributed by atoms with Crippen molar-refractivity contribution in [2.45, 2.75) is 44.9 Å². The van der Waals surface area contributed by atoms with E-state index in [1.807, 2.05) is 31.2 Å². The SMILES string of the molecule is C[C@@H]1CN(C(=O)CCCCCCNC(=O)OCC2c3ccccc3-c3ccccc32)C[C@H]1C(=O)O. The number of carboxylic acid groups (broad SMARTS) is 1. The minimum absolute atomic E-state index is 0.000404. The van der Waals surface area contributed by atoms with E-state index >= 15 is 0 Å². The third-order valence-electron chi connectivity index (χ3n) is 7.21.